The van der Waals surface area contributed by atoms with Crippen LogP contribution in [0.5, 0.6) is 5.75 Å². The van der Waals surface area contributed by atoms with E-state index in [4.69, 9.17) is 14.9 Å². The molecular formula is C17H16N2O3. The zero-order chi connectivity index (χ0) is 15.5. The summed E-state index contributed by atoms with van der Waals surface area (Å²) in [6, 6.07) is 14.5. The molecule has 0 saturated carbocycles. The molecule has 5 nitrogen and oxygen atoms in total. The molecule has 0 aliphatic rings. The van der Waals surface area contributed by atoms with Crippen LogP contribution in [0, 0.1) is 0 Å². The van der Waals surface area contributed by atoms with Gasteiger partial charge in [-0.25, -0.2) is 0 Å². The van der Waals surface area contributed by atoms with E-state index in [1.54, 1.807) is 18.2 Å². The lowest BCUT2D eigenvalue weighted by atomic mass is 10.2. The van der Waals surface area contributed by atoms with Crippen molar-refractivity contribution in [2.45, 2.75) is 6.92 Å². The van der Waals surface area contributed by atoms with E-state index in [1.165, 1.54) is 0 Å². The summed E-state index contributed by atoms with van der Waals surface area (Å²) in [7, 11) is 0. The second-order valence-electron chi connectivity index (χ2n) is 4.72. The third-order valence-corrected chi connectivity index (χ3v) is 3.28. The Bertz CT molecular complexity index is 824. The Hall–Kier alpha value is -2.95. The number of nitrogen functional groups attached to an aromatic ring is 1. The molecular weight excluding hydrogens is 280 g/mol. The summed E-state index contributed by atoms with van der Waals surface area (Å²) in [6.07, 6.45) is 0. The molecule has 0 aliphatic carbocycles. The average molecular weight is 296 g/mol. The molecule has 0 bridgehead atoms. The molecule has 3 N–H and O–H groups in total. The predicted molar refractivity (Wildman–Crippen MR) is 86.2 cm³/mol. The van der Waals surface area contributed by atoms with Crippen LogP contribution >= 0.6 is 0 Å². The van der Waals surface area contributed by atoms with Crippen molar-refractivity contribution >= 4 is 28.3 Å². The third-order valence-electron chi connectivity index (χ3n) is 3.28. The highest BCUT2D eigenvalue weighted by molar-refractivity contribution is 6.11. The van der Waals surface area contributed by atoms with E-state index in [-0.39, 0.29) is 5.76 Å². The first-order chi connectivity index (χ1) is 10.7. The maximum atomic E-state index is 12.4. The number of amides is 1. The molecule has 0 radical (unpaired) electrons. The fourth-order valence-corrected chi connectivity index (χ4v) is 2.26. The van der Waals surface area contributed by atoms with Crippen LogP contribution in [0.4, 0.5) is 11.4 Å². The highest BCUT2D eigenvalue weighted by atomic mass is 16.5. The Balaban J connectivity index is 1.92. The van der Waals surface area contributed by atoms with Gasteiger partial charge < -0.3 is 20.2 Å². The number of hydrogen-bond donors (Lipinski definition) is 2. The van der Waals surface area contributed by atoms with Crippen molar-refractivity contribution in [3.05, 3.63) is 54.3 Å². The lowest BCUT2D eigenvalue weighted by Gasteiger charge is -2.10. The summed E-state index contributed by atoms with van der Waals surface area (Å²) in [5.41, 5.74) is 7.50. The van der Waals surface area contributed by atoms with Crippen molar-refractivity contribution in [1.29, 1.82) is 0 Å². The molecule has 1 aromatic heterocycles. The normalized spacial score (nSPS) is 10.6. The molecule has 2 aromatic carbocycles. The minimum absolute atomic E-state index is 0.104. The summed E-state index contributed by atoms with van der Waals surface area (Å²) in [6.45, 7) is 2.40. The Kier molecular flexibility index (Phi) is 3.70. The van der Waals surface area contributed by atoms with Crippen molar-refractivity contribution in [2.75, 3.05) is 17.7 Å². The summed E-state index contributed by atoms with van der Waals surface area (Å²) < 4.78 is 11.0. The Labute approximate surface area is 127 Å². The van der Waals surface area contributed by atoms with E-state index in [9.17, 15) is 4.79 Å². The summed E-state index contributed by atoms with van der Waals surface area (Å²) in [4.78, 5) is 12.4. The summed E-state index contributed by atoms with van der Waals surface area (Å²) >= 11 is 0. The maximum absolute atomic E-state index is 12.4. The first-order valence-electron chi connectivity index (χ1n) is 7.01. The zero-order valence-corrected chi connectivity index (χ0v) is 12.1. The molecule has 0 spiro atoms. The fraction of sp³-hybridized carbons (Fsp3) is 0.118. The molecule has 3 aromatic rings. The lowest BCUT2D eigenvalue weighted by molar-refractivity contribution is 0.0999. The minimum atomic E-state index is -0.402. The predicted octanol–water partition coefficient (Wildman–Crippen LogP) is 3.67. The van der Waals surface area contributed by atoms with Gasteiger partial charge in [0.25, 0.3) is 5.91 Å². The van der Waals surface area contributed by atoms with Gasteiger partial charge in [-0.2, -0.15) is 0 Å². The van der Waals surface area contributed by atoms with Crippen molar-refractivity contribution < 1.29 is 13.9 Å². The van der Waals surface area contributed by atoms with Gasteiger partial charge in [-0.1, -0.05) is 24.3 Å². The zero-order valence-electron chi connectivity index (χ0n) is 12.1. The highest BCUT2D eigenvalue weighted by Crippen LogP contribution is 2.30. The number of nitrogens with one attached hydrogen (secondary N) is 1. The van der Waals surface area contributed by atoms with Crippen LogP contribution < -0.4 is 15.8 Å². The number of carbonyl (C=O) groups is 1. The van der Waals surface area contributed by atoms with E-state index < -0.39 is 5.91 Å². The van der Waals surface area contributed by atoms with Gasteiger partial charge in [0.1, 0.15) is 11.3 Å². The largest absolute Gasteiger partial charge is 0.492 e. The van der Waals surface area contributed by atoms with E-state index in [1.807, 2.05) is 37.3 Å². The molecule has 1 amide bonds. The van der Waals surface area contributed by atoms with Crippen LogP contribution in [0.25, 0.3) is 11.0 Å². The van der Waals surface area contributed by atoms with E-state index in [2.05, 4.69) is 5.32 Å². The summed E-state index contributed by atoms with van der Waals surface area (Å²) in [5, 5.41) is 3.50. The van der Waals surface area contributed by atoms with E-state index in [0.29, 0.717) is 29.3 Å². The van der Waals surface area contributed by atoms with E-state index in [0.717, 1.165) is 5.39 Å². The highest BCUT2D eigenvalue weighted by Gasteiger charge is 2.19. The molecule has 5 heteroatoms. The fourth-order valence-electron chi connectivity index (χ4n) is 2.26. The van der Waals surface area contributed by atoms with Gasteiger partial charge in [-0.05, 0) is 31.2 Å². The number of hydrogen-bond acceptors (Lipinski definition) is 4. The van der Waals surface area contributed by atoms with Crippen molar-refractivity contribution in [2.24, 2.45) is 0 Å². The standard InChI is InChI=1S/C17H16N2O3/c1-2-21-14-10-6-4-8-12(14)19-17(20)16-15(18)11-7-3-5-9-13(11)22-16/h3-10H,2,18H2,1H3,(H,19,20). The minimum Gasteiger partial charge on any atom is -0.492 e. The van der Waals surface area contributed by atoms with Gasteiger partial charge >= 0.3 is 0 Å². The molecule has 0 aliphatic heterocycles. The molecule has 0 fully saturated rings. The maximum Gasteiger partial charge on any atom is 0.293 e. The van der Waals surface area contributed by atoms with Crippen LogP contribution in [0.1, 0.15) is 17.5 Å². The SMILES string of the molecule is CCOc1ccccc1NC(=O)c1oc2ccccc2c1N. The Morgan fingerprint density at radius 1 is 1.18 bits per heavy atom. The summed E-state index contributed by atoms with van der Waals surface area (Å²) in [5.74, 6) is 0.307. The lowest BCUT2D eigenvalue weighted by Crippen LogP contribution is -2.13. The first kappa shape index (κ1) is 14.0. The average Bonchev–Trinajstić information content (AvgIpc) is 2.87. The number of rotatable bonds is 4. The van der Waals surface area contributed by atoms with E-state index >= 15 is 0 Å². The van der Waals surface area contributed by atoms with Gasteiger partial charge in [0.2, 0.25) is 5.76 Å². The number of ether oxygens (including phenoxy) is 1. The molecule has 22 heavy (non-hydrogen) atoms. The quantitative estimate of drug-likeness (QED) is 0.770. The Morgan fingerprint density at radius 3 is 2.68 bits per heavy atom. The molecule has 0 atom stereocenters. The molecule has 3 rings (SSSR count). The van der Waals surface area contributed by atoms with Gasteiger partial charge in [0.15, 0.2) is 0 Å². The number of fused-ring (bicyclic) bond motifs is 1. The second-order valence-corrected chi connectivity index (χ2v) is 4.72. The number of para-hydroxylation sites is 3. The molecule has 0 unspecified atom stereocenters. The van der Waals surface area contributed by atoms with Gasteiger partial charge in [0.05, 0.1) is 18.0 Å². The van der Waals surface area contributed by atoms with Crippen LogP contribution in [0.2, 0.25) is 0 Å². The van der Waals surface area contributed by atoms with Crippen LogP contribution in [0.3, 0.4) is 0 Å². The third kappa shape index (κ3) is 2.48. The number of furan rings is 1. The number of benzene rings is 2. The molecule has 112 valence electrons. The van der Waals surface area contributed by atoms with Crippen LogP contribution in [-0.2, 0) is 0 Å². The monoisotopic (exact) mass is 296 g/mol. The van der Waals surface area contributed by atoms with Gasteiger partial charge in [-0.3, -0.25) is 4.79 Å². The van der Waals surface area contributed by atoms with Crippen LogP contribution in [0.15, 0.2) is 52.9 Å². The van der Waals surface area contributed by atoms with Crippen molar-refractivity contribution in [1.82, 2.24) is 0 Å². The smallest absolute Gasteiger partial charge is 0.293 e. The van der Waals surface area contributed by atoms with Gasteiger partial charge in [0, 0.05) is 5.39 Å². The molecule has 0 saturated heterocycles. The molecule has 1 heterocycles. The number of carbonyl (C=O) groups excluding carboxylic acids is 1. The van der Waals surface area contributed by atoms with Crippen LogP contribution in [-0.4, -0.2) is 12.5 Å². The first-order valence-corrected chi connectivity index (χ1v) is 7.01. The Morgan fingerprint density at radius 2 is 1.91 bits per heavy atom. The van der Waals surface area contributed by atoms with Crippen molar-refractivity contribution in [3.63, 3.8) is 0 Å². The second kappa shape index (κ2) is 5.81. The number of anilines is 2. The number of nitrogens with two attached hydrogens (primary N) is 1. The van der Waals surface area contributed by atoms with Crippen molar-refractivity contribution in [3.8, 4) is 5.75 Å². The van der Waals surface area contributed by atoms with Gasteiger partial charge in [-0.15, -0.1) is 0 Å². The topological polar surface area (TPSA) is 77.5 Å².